The molecule has 2 atom stereocenters. The molecule has 7 heteroatoms. The van der Waals surface area contributed by atoms with Crippen molar-refractivity contribution in [3.63, 3.8) is 0 Å². The standard InChI is InChI=1S/C26H24FN5S/c1-30(2)19-11-13-20(14-12-19)32-25(24(29-26(32)33)22-9-3-4-15-28-22)23-10-6-16-31(23)21-8-5-7-18(27)17-21/h3-17,24-25H,1-2H3,(H,29,33)/t24-,25-/m0/s1. The van der Waals surface area contributed by atoms with Crippen molar-refractivity contribution in [2.75, 3.05) is 23.9 Å². The molecule has 0 bridgehead atoms. The second-order valence-corrected chi connectivity index (χ2v) is 8.58. The summed E-state index contributed by atoms with van der Waals surface area (Å²) < 4.78 is 16.1. The third kappa shape index (κ3) is 3.96. The Hall–Kier alpha value is -3.71. The summed E-state index contributed by atoms with van der Waals surface area (Å²) in [6, 6.07) is 24.5. The number of aromatic nitrogens is 2. The minimum atomic E-state index is -0.273. The summed E-state index contributed by atoms with van der Waals surface area (Å²) in [5.74, 6) is -0.273. The van der Waals surface area contributed by atoms with Crippen LogP contribution in [0.4, 0.5) is 15.8 Å². The molecule has 2 aromatic carbocycles. The fraction of sp³-hybridized carbons (Fsp3) is 0.154. The molecule has 0 spiro atoms. The Kier molecular flexibility index (Phi) is 5.56. The lowest BCUT2D eigenvalue weighted by atomic mass is 10.0. The summed E-state index contributed by atoms with van der Waals surface area (Å²) in [7, 11) is 4.03. The van der Waals surface area contributed by atoms with Crippen LogP contribution in [0.3, 0.4) is 0 Å². The third-order valence-electron chi connectivity index (χ3n) is 5.91. The normalized spacial score (nSPS) is 17.8. The first-order valence-electron chi connectivity index (χ1n) is 10.7. The number of hydrogen-bond donors (Lipinski definition) is 1. The predicted molar refractivity (Wildman–Crippen MR) is 134 cm³/mol. The predicted octanol–water partition coefficient (Wildman–Crippen LogP) is 5.25. The molecule has 33 heavy (non-hydrogen) atoms. The maximum absolute atomic E-state index is 14.0. The quantitative estimate of drug-likeness (QED) is 0.414. The van der Waals surface area contributed by atoms with Crippen LogP contribution in [0.2, 0.25) is 0 Å². The molecule has 5 rings (SSSR count). The van der Waals surface area contributed by atoms with Gasteiger partial charge in [-0.2, -0.15) is 0 Å². The van der Waals surface area contributed by atoms with Crippen molar-refractivity contribution < 1.29 is 4.39 Å². The maximum atomic E-state index is 14.0. The highest BCUT2D eigenvalue weighted by molar-refractivity contribution is 7.80. The van der Waals surface area contributed by atoms with E-state index in [1.54, 1.807) is 12.3 Å². The molecule has 4 aromatic rings. The molecule has 2 aromatic heterocycles. The van der Waals surface area contributed by atoms with Gasteiger partial charge in [-0.25, -0.2) is 4.39 Å². The smallest absolute Gasteiger partial charge is 0.174 e. The van der Waals surface area contributed by atoms with Gasteiger partial charge in [0.15, 0.2) is 5.11 Å². The van der Waals surface area contributed by atoms with Gasteiger partial charge in [-0.15, -0.1) is 0 Å². The van der Waals surface area contributed by atoms with Crippen LogP contribution >= 0.6 is 12.2 Å². The van der Waals surface area contributed by atoms with Gasteiger partial charge >= 0.3 is 0 Å². The van der Waals surface area contributed by atoms with Crippen LogP contribution in [-0.4, -0.2) is 28.8 Å². The molecule has 5 nitrogen and oxygen atoms in total. The Labute approximate surface area is 198 Å². The molecular formula is C26H24FN5S. The lowest BCUT2D eigenvalue weighted by Crippen LogP contribution is -2.30. The minimum absolute atomic E-state index is 0.172. The van der Waals surface area contributed by atoms with E-state index >= 15 is 0 Å². The summed E-state index contributed by atoms with van der Waals surface area (Å²) in [6.45, 7) is 0. The monoisotopic (exact) mass is 457 g/mol. The van der Waals surface area contributed by atoms with Gasteiger partial charge in [-0.05, 0) is 78.9 Å². The number of pyridine rings is 1. The first-order chi connectivity index (χ1) is 16.0. The molecule has 0 aliphatic carbocycles. The van der Waals surface area contributed by atoms with Gasteiger partial charge in [0.2, 0.25) is 0 Å². The number of benzene rings is 2. The second-order valence-electron chi connectivity index (χ2n) is 8.19. The van der Waals surface area contributed by atoms with E-state index in [1.165, 1.54) is 12.1 Å². The summed E-state index contributed by atoms with van der Waals surface area (Å²) in [5.41, 5.74) is 4.73. The van der Waals surface area contributed by atoms with E-state index in [1.807, 2.05) is 55.2 Å². The number of thiocarbonyl (C=S) groups is 1. The molecule has 166 valence electrons. The van der Waals surface area contributed by atoms with Crippen molar-refractivity contribution in [2.45, 2.75) is 12.1 Å². The van der Waals surface area contributed by atoms with E-state index in [2.05, 4.69) is 50.4 Å². The van der Waals surface area contributed by atoms with Gasteiger partial charge in [-0.1, -0.05) is 12.1 Å². The van der Waals surface area contributed by atoms with Gasteiger partial charge in [0, 0.05) is 49.2 Å². The number of anilines is 2. The van der Waals surface area contributed by atoms with Crippen molar-refractivity contribution in [3.05, 3.63) is 108 Å². The zero-order valence-electron chi connectivity index (χ0n) is 18.4. The minimum Gasteiger partial charge on any atom is -0.378 e. The van der Waals surface area contributed by atoms with Crippen LogP contribution in [0.5, 0.6) is 0 Å². The number of nitrogens with zero attached hydrogens (tertiary/aromatic N) is 4. The Morgan fingerprint density at radius 1 is 0.939 bits per heavy atom. The van der Waals surface area contributed by atoms with Crippen molar-refractivity contribution in [1.82, 2.24) is 14.9 Å². The molecule has 1 fully saturated rings. The molecule has 0 radical (unpaired) electrons. The highest BCUT2D eigenvalue weighted by atomic mass is 32.1. The first kappa shape index (κ1) is 21.2. The Bertz CT molecular complexity index is 1270. The Morgan fingerprint density at radius 2 is 1.76 bits per heavy atom. The van der Waals surface area contributed by atoms with Crippen LogP contribution in [0.15, 0.2) is 91.3 Å². The molecule has 1 saturated heterocycles. The zero-order chi connectivity index (χ0) is 22.9. The van der Waals surface area contributed by atoms with E-state index in [0.717, 1.165) is 28.5 Å². The third-order valence-corrected chi connectivity index (χ3v) is 6.23. The summed E-state index contributed by atoms with van der Waals surface area (Å²) >= 11 is 5.82. The van der Waals surface area contributed by atoms with E-state index < -0.39 is 0 Å². The number of nitrogens with one attached hydrogen (secondary N) is 1. The van der Waals surface area contributed by atoms with Crippen LogP contribution < -0.4 is 15.1 Å². The molecule has 0 amide bonds. The van der Waals surface area contributed by atoms with Gasteiger partial charge in [0.1, 0.15) is 11.9 Å². The molecule has 1 aliphatic heterocycles. The average molecular weight is 458 g/mol. The van der Waals surface area contributed by atoms with E-state index in [4.69, 9.17) is 12.2 Å². The molecule has 1 N–H and O–H groups in total. The highest BCUT2D eigenvalue weighted by Gasteiger charge is 2.42. The summed E-state index contributed by atoms with van der Waals surface area (Å²) in [5, 5.41) is 4.11. The van der Waals surface area contributed by atoms with Gasteiger partial charge in [-0.3, -0.25) is 4.98 Å². The summed E-state index contributed by atoms with van der Waals surface area (Å²) in [4.78, 5) is 8.80. The molecular weight excluding hydrogens is 433 g/mol. The van der Waals surface area contributed by atoms with Crippen molar-refractivity contribution >= 4 is 28.7 Å². The van der Waals surface area contributed by atoms with Crippen molar-refractivity contribution in [2.24, 2.45) is 0 Å². The maximum Gasteiger partial charge on any atom is 0.174 e. The lowest BCUT2D eigenvalue weighted by Gasteiger charge is -2.29. The van der Waals surface area contributed by atoms with Gasteiger partial charge < -0.3 is 19.7 Å². The number of halogens is 1. The molecule has 1 aliphatic rings. The first-order valence-corrected chi connectivity index (χ1v) is 11.1. The van der Waals surface area contributed by atoms with Gasteiger partial charge in [0.05, 0.1) is 11.7 Å². The van der Waals surface area contributed by atoms with E-state index in [-0.39, 0.29) is 17.9 Å². The van der Waals surface area contributed by atoms with Gasteiger partial charge in [0.25, 0.3) is 0 Å². The highest BCUT2D eigenvalue weighted by Crippen LogP contribution is 2.42. The molecule has 0 unspecified atom stereocenters. The number of hydrogen-bond acceptors (Lipinski definition) is 3. The second kappa shape index (κ2) is 8.67. The number of rotatable bonds is 5. The molecule has 0 saturated carbocycles. The Morgan fingerprint density at radius 3 is 2.45 bits per heavy atom. The van der Waals surface area contributed by atoms with Crippen LogP contribution in [0.1, 0.15) is 23.5 Å². The van der Waals surface area contributed by atoms with Crippen LogP contribution in [0, 0.1) is 5.82 Å². The fourth-order valence-corrected chi connectivity index (χ4v) is 4.69. The van der Waals surface area contributed by atoms with E-state index in [9.17, 15) is 4.39 Å². The molecule has 3 heterocycles. The fourth-order valence-electron chi connectivity index (χ4n) is 4.34. The van der Waals surface area contributed by atoms with E-state index in [0.29, 0.717) is 5.11 Å². The largest absolute Gasteiger partial charge is 0.378 e. The topological polar surface area (TPSA) is 36.3 Å². The van der Waals surface area contributed by atoms with Crippen molar-refractivity contribution in [1.29, 1.82) is 0 Å². The van der Waals surface area contributed by atoms with Crippen molar-refractivity contribution in [3.8, 4) is 5.69 Å². The lowest BCUT2D eigenvalue weighted by molar-refractivity contribution is 0.549. The average Bonchev–Trinajstić information content (AvgIpc) is 3.44. The SMILES string of the molecule is CN(C)c1ccc(N2C(=S)N[C@@H](c3ccccn3)[C@@H]2c2cccn2-c2cccc(F)c2)cc1. The Balaban J connectivity index is 1.64. The summed E-state index contributed by atoms with van der Waals surface area (Å²) in [6.07, 6.45) is 3.74. The zero-order valence-corrected chi connectivity index (χ0v) is 19.2. The van der Waals surface area contributed by atoms with Crippen LogP contribution in [0.25, 0.3) is 5.69 Å². The van der Waals surface area contributed by atoms with Crippen LogP contribution in [-0.2, 0) is 0 Å².